The van der Waals surface area contributed by atoms with Gasteiger partial charge in [0, 0.05) is 81.1 Å². The second kappa shape index (κ2) is 14.6. The molecule has 1 saturated carbocycles. The number of likely N-dealkylation sites (tertiary alicyclic amines) is 1. The quantitative estimate of drug-likeness (QED) is 0.267. The van der Waals surface area contributed by atoms with Crippen LogP contribution in [0.25, 0.3) is 0 Å². The lowest BCUT2D eigenvalue weighted by Crippen LogP contribution is -2.65. The van der Waals surface area contributed by atoms with Crippen LogP contribution >= 0.6 is 0 Å². The number of piperidine rings is 1. The highest BCUT2D eigenvalue weighted by Gasteiger charge is 2.54. The Morgan fingerprint density at radius 1 is 1.06 bits per heavy atom. The van der Waals surface area contributed by atoms with Crippen molar-refractivity contribution in [2.24, 2.45) is 5.41 Å². The number of rotatable bonds is 12. The standard InChI is InChI=1S/C39H52FN7O4/c1-5-47(27(2)3)37(48)30-19-28(40)7-8-33(30)51-35-22-41-26-43-36(35)46-24-39(25-46)20-29(21-39)50-34-9-13-42-32-10-16-45(23-31(32)34)15-6-14-44-17-11-38(4,49)12-18-44/h7-9,13,19,22,26-27,29,49H,5-6,10-12,14-18,20-21,23-25H2,1-4H3. The van der Waals surface area contributed by atoms with Crippen LogP contribution in [0.2, 0.25) is 0 Å². The van der Waals surface area contributed by atoms with Gasteiger partial charge in [-0.15, -0.1) is 0 Å². The Morgan fingerprint density at radius 2 is 1.82 bits per heavy atom. The third-order valence-electron chi connectivity index (χ3n) is 11.3. The number of anilines is 1. The van der Waals surface area contributed by atoms with E-state index >= 15 is 0 Å². The molecule has 1 N–H and O–H groups in total. The summed E-state index contributed by atoms with van der Waals surface area (Å²) in [6.07, 6.45) is 10.8. The van der Waals surface area contributed by atoms with Crippen LogP contribution in [-0.4, -0.2) is 111 Å². The number of benzene rings is 1. The fourth-order valence-corrected chi connectivity index (χ4v) is 8.28. The molecule has 0 atom stereocenters. The number of carbonyl (C=O) groups is 1. The van der Waals surface area contributed by atoms with Crippen LogP contribution in [0.3, 0.4) is 0 Å². The largest absolute Gasteiger partial charge is 0.490 e. The van der Waals surface area contributed by atoms with Crippen molar-refractivity contribution in [3.05, 3.63) is 65.6 Å². The van der Waals surface area contributed by atoms with E-state index < -0.39 is 11.4 Å². The van der Waals surface area contributed by atoms with Gasteiger partial charge in [0.15, 0.2) is 11.6 Å². The van der Waals surface area contributed by atoms with E-state index in [2.05, 4.69) is 24.7 Å². The number of hydrogen-bond donors (Lipinski definition) is 1. The average molecular weight is 702 g/mol. The molecule has 1 aliphatic carbocycles. The second-order valence-electron chi connectivity index (χ2n) is 15.6. The number of pyridine rings is 1. The molecule has 3 aliphatic heterocycles. The zero-order valence-electron chi connectivity index (χ0n) is 30.5. The summed E-state index contributed by atoms with van der Waals surface area (Å²) in [5.74, 6) is 1.57. The highest BCUT2D eigenvalue weighted by atomic mass is 19.1. The predicted octanol–water partition coefficient (Wildman–Crippen LogP) is 5.32. The van der Waals surface area contributed by atoms with Gasteiger partial charge in [-0.1, -0.05) is 0 Å². The molecule has 0 radical (unpaired) electrons. The van der Waals surface area contributed by atoms with Gasteiger partial charge in [0.1, 0.15) is 29.7 Å². The molecule has 1 aromatic carbocycles. The van der Waals surface area contributed by atoms with Crippen LogP contribution in [-0.2, 0) is 13.0 Å². The van der Waals surface area contributed by atoms with Gasteiger partial charge in [0.2, 0.25) is 0 Å². The van der Waals surface area contributed by atoms with Gasteiger partial charge >= 0.3 is 0 Å². The molecule has 7 rings (SSSR count). The first-order valence-corrected chi connectivity index (χ1v) is 18.7. The Bertz CT molecular complexity index is 1700. The van der Waals surface area contributed by atoms with Gasteiger partial charge in [0.25, 0.3) is 5.91 Å². The van der Waals surface area contributed by atoms with Crippen molar-refractivity contribution in [2.75, 3.05) is 57.3 Å². The van der Waals surface area contributed by atoms with E-state index in [0.29, 0.717) is 18.1 Å². The molecule has 12 heteroatoms. The smallest absolute Gasteiger partial charge is 0.257 e. The number of aromatic nitrogens is 3. The summed E-state index contributed by atoms with van der Waals surface area (Å²) in [7, 11) is 0. The molecule has 0 unspecified atom stereocenters. The molecule has 11 nitrogen and oxygen atoms in total. The maximum absolute atomic E-state index is 14.3. The Balaban J connectivity index is 0.931. The fourth-order valence-electron chi connectivity index (χ4n) is 8.28. The zero-order valence-corrected chi connectivity index (χ0v) is 30.5. The second-order valence-corrected chi connectivity index (χ2v) is 15.6. The number of carbonyl (C=O) groups excluding carboxylic acids is 1. The summed E-state index contributed by atoms with van der Waals surface area (Å²) in [4.78, 5) is 35.7. The normalized spacial score (nSPS) is 20.1. The van der Waals surface area contributed by atoms with Crippen molar-refractivity contribution in [1.82, 2.24) is 29.7 Å². The average Bonchev–Trinajstić information content (AvgIpc) is 3.07. The monoisotopic (exact) mass is 701 g/mol. The third-order valence-corrected chi connectivity index (χ3v) is 11.3. The van der Waals surface area contributed by atoms with E-state index in [-0.39, 0.29) is 34.8 Å². The van der Waals surface area contributed by atoms with Gasteiger partial charge in [-0.05, 0) is 97.2 Å². The SMILES string of the molecule is CCN(C(=O)c1cc(F)ccc1Oc1cncnc1N1CC2(CC(Oc3ccnc4c3CN(CCCN3CCC(C)(O)CC3)CC4)C2)C1)C(C)C. The van der Waals surface area contributed by atoms with Crippen LogP contribution in [0.4, 0.5) is 10.2 Å². The molecule has 1 spiro atoms. The van der Waals surface area contributed by atoms with Crippen molar-refractivity contribution in [3.63, 3.8) is 0 Å². The molecule has 5 heterocycles. The number of aliphatic hydroxyl groups is 1. The van der Waals surface area contributed by atoms with Gasteiger partial charge in [-0.2, -0.15) is 0 Å². The van der Waals surface area contributed by atoms with E-state index in [4.69, 9.17) is 14.5 Å². The molecule has 0 bridgehead atoms. The third kappa shape index (κ3) is 7.83. The summed E-state index contributed by atoms with van der Waals surface area (Å²) in [5.41, 5.74) is 2.21. The Hall–Kier alpha value is -3.87. The maximum Gasteiger partial charge on any atom is 0.257 e. The Labute approximate surface area is 300 Å². The predicted molar refractivity (Wildman–Crippen MR) is 193 cm³/mol. The molecule has 4 aliphatic rings. The van der Waals surface area contributed by atoms with Gasteiger partial charge < -0.3 is 29.3 Å². The molecule has 3 fully saturated rings. The number of hydrogen-bond acceptors (Lipinski definition) is 10. The van der Waals surface area contributed by atoms with Crippen molar-refractivity contribution < 1.29 is 23.8 Å². The van der Waals surface area contributed by atoms with Crippen molar-refractivity contribution in [1.29, 1.82) is 0 Å². The first kappa shape index (κ1) is 35.5. The summed E-state index contributed by atoms with van der Waals surface area (Å²) in [5, 5.41) is 10.3. The lowest BCUT2D eigenvalue weighted by atomic mass is 9.61. The van der Waals surface area contributed by atoms with E-state index in [1.165, 1.54) is 30.1 Å². The molecule has 274 valence electrons. The van der Waals surface area contributed by atoms with Gasteiger partial charge in [0.05, 0.1) is 17.4 Å². The number of nitrogens with zero attached hydrogens (tertiary/aromatic N) is 7. The summed E-state index contributed by atoms with van der Waals surface area (Å²) >= 11 is 0. The lowest BCUT2D eigenvalue weighted by molar-refractivity contribution is -0.0352. The van der Waals surface area contributed by atoms with Crippen LogP contribution in [0.1, 0.15) is 81.4 Å². The van der Waals surface area contributed by atoms with E-state index in [9.17, 15) is 14.3 Å². The van der Waals surface area contributed by atoms with Gasteiger partial charge in [-0.3, -0.25) is 14.7 Å². The van der Waals surface area contributed by atoms with Gasteiger partial charge in [-0.25, -0.2) is 14.4 Å². The number of amides is 1. The van der Waals surface area contributed by atoms with Crippen molar-refractivity contribution >= 4 is 11.7 Å². The minimum atomic E-state index is -0.505. The molecule has 51 heavy (non-hydrogen) atoms. The lowest BCUT2D eigenvalue weighted by Gasteiger charge is -2.59. The molecule has 3 aromatic rings. The van der Waals surface area contributed by atoms with Crippen LogP contribution in [0.5, 0.6) is 17.2 Å². The van der Waals surface area contributed by atoms with Crippen molar-refractivity contribution in [3.8, 4) is 17.2 Å². The molecule has 2 saturated heterocycles. The van der Waals surface area contributed by atoms with Crippen LogP contribution in [0.15, 0.2) is 43.0 Å². The van der Waals surface area contributed by atoms with E-state index in [1.807, 2.05) is 40.0 Å². The topological polar surface area (TPSA) is 107 Å². The number of fused-ring (bicyclic) bond motifs is 1. The van der Waals surface area contributed by atoms with Crippen LogP contribution < -0.4 is 14.4 Å². The molecule has 2 aromatic heterocycles. The number of halogens is 1. The fraction of sp³-hybridized carbons (Fsp3) is 0.590. The van der Waals surface area contributed by atoms with E-state index in [1.54, 1.807) is 11.1 Å². The highest BCUT2D eigenvalue weighted by Crippen LogP contribution is 2.52. The minimum absolute atomic E-state index is 0.0402. The molecule has 1 amide bonds. The first-order valence-electron chi connectivity index (χ1n) is 18.7. The Morgan fingerprint density at radius 3 is 2.57 bits per heavy atom. The first-order chi connectivity index (χ1) is 24.5. The molecular formula is C39H52FN7O4. The minimum Gasteiger partial charge on any atom is -0.490 e. The van der Waals surface area contributed by atoms with Crippen LogP contribution in [0, 0.1) is 11.2 Å². The zero-order chi connectivity index (χ0) is 35.8. The summed E-state index contributed by atoms with van der Waals surface area (Å²) in [6.45, 7) is 15.8. The van der Waals surface area contributed by atoms with Crippen molar-refractivity contribution in [2.45, 2.75) is 90.5 Å². The molecular weight excluding hydrogens is 649 g/mol. The number of ether oxygens (including phenoxy) is 2. The highest BCUT2D eigenvalue weighted by molar-refractivity contribution is 5.97. The van der Waals surface area contributed by atoms with E-state index in [0.717, 1.165) is 102 Å². The summed E-state index contributed by atoms with van der Waals surface area (Å²) in [6, 6.07) is 6.02. The Kier molecular flexibility index (Phi) is 10.2. The maximum atomic E-state index is 14.3. The summed E-state index contributed by atoms with van der Waals surface area (Å²) < 4.78 is 27.2.